The first-order valence-electron chi connectivity index (χ1n) is 7.57. The van der Waals surface area contributed by atoms with Crippen molar-refractivity contribution in [2.45, 2.75) is 33.6 Å². The molecule has 1 amide bonds. The van der Waals surface area contributed by atoms with E-state index in [4.69, 9.17) is 12.2 Å². The van der Waals surface area contributed by atoms with Gasteiger partial charge in [0, 0.05) is 22.5 Å². The van der Waals surface area contributed by atoms with Crippen molar-refractivity contribution in [2.24, 2.45) is 17.3 Å². The Balaban J connectivity index is 1.82. The SMILES string of the molecule is CC(=O)[C@H]1C[C@@H](CC(=O)NC(=S)Nc2ccc(Br)cc2)C1(C)C. The average molecular weight is 397 g/mol. The first-order valence-corrected chi connectivity index (χ1v) is 8.77. The summed E-state index contributed by atoms with van der Waals surface area (Å²) in [5, 5.41) is 5.98. The van der Waals surface area contributed by atoms with E-state index < -0.39 is 0 Å². The number of hydrogen-bond donors (Lipinski definition) is 2. The molecule has 1 aliphatic carbocycles. The summed E-state index contributed by atoms with van der Waals surface area (Å²) in [5.74, 6) is 0.374. The van der Waals surface area contributed by atoms with Crippen molar-refractivity contribution in [3.63, 3.8) is 0 Å². The molecule has 2 N–H and O–H groups in total. The summed E-state index contributed by atoms with van der Waals surface area (Å²) in [6, 6.07) is 7.53. The highest BCUT2D eigenvalue weighted by Gasteiger charge is 2.50. The molecule has 0 radical (unpaired) electrons. The summed E-state index contributed by atoms with van der Waals surface area (Å²) in [7, 11) is 0. The second kappa shape index (κ2) is 7.09. The Morgan fingerprint density at radius 1 is 1.30 bits per heavy atom. The second-order valence-corrected chi connectivity index (χ2v) is 7.95. The maximum Gasteiger partial charge on any atom is 0.226 e. The Kier molecular flexibility index (Phi) is 5.57. The number of Topliss-reactive ketones (excluding diaryl/α,β-unsaturated/α-hetero) is 1. The summed E-state index contributed by atoms with van der Waals surface area (Å²) in [6.07, 6.45) is 1.17. The average Bonchev–Trinajstić information content (AvgIpc) is 2.45. The predicted molar refractivity (Wildman–Crippen MR) is 99.2 cm³/mol. The smallest absolute Gasteiger partial charge is 0.226 e. The van der Waals surface area contributed by atoms with Gasteiger partial charge in [-0.15, -0.1) is 0 Å². The van der Waals surface area contributed by atoms with Crippen LogP contribution in [0.2, 0.25) is 0 Å². The Morgan fingerprint density at radius 2 is 1.91 bits per heavy atom. The first-order chi connectivity index (χ1) is 10.7. The Labute approximate surface area is 150 Å². The van der Waals surface area contributed by atoms with Crippen LogP contribution in [0, 0.1) is 17.3 Å². The molecule has 0 spiro atoms. The largest absolute Gasteiger partial charge is 0.332 e. The molecule has 1 aliphatic rings. The van der Waals surface area contributed by atoms with Crippen LogP contribution in [0.15, 0.2) is 28.7 Å². The predicted octanol–water partition coefficient (Wildman–Crippen LogP) is 3.90. The molecule has 124 valence electrons. The van der Waals surface area contributed by atoms with E-state index in [0.717, 1.165) is 16.6 Å². The molecular weight excluding hydrogens is 376 g/mol. The van der Waals surface area contributed by atoms with Gasteiger partial charge in [0.2, 0.25) is 5.91 Å². The van der Waals surface area contributed by atoms with E-state index in [1.165, 1.54) is 0 Å². The molecule has 1 aromatic carbocycles. The molecule has 1 fully saturated rings. The molecule has 0 unspecified atom stereocenters. The summed E-state index contributed by atoms with van der Waals surface area (Å²) in [5.41, 5.74) is 0.698. The minimum atomic E-state index is -0.121. The fourth-order valence-corrected chi connectivity index (χ4v) is 3.65. The number of halogens is 1. The van der Waals surface area contributed by atoms with Crippen LogP contribution in [-0.4, -0.2) is 16.8 Å². The highest BCUT2D eigenvalue weighted by Crippen LogP contribution is 2.53. The van der Waals surface area contributed by atoms with Crippen molar-refractivity contribution in [3.8, 4) is 0 Å². The summed E-state index contributed by atoms with van der Waals surface area (Å²) in [6.45, 7) is 5.73. The number of anilines is 1. The monoisotopic (exact) mass is 396 g/mol. The molecule has 6 heteroatoms. The molecule has 2 rings (SSSR count). The second-order valence-electron chi connectivity index (χ2n) is 6.63. The number of carbonyl (C=O) groups is 2. The number of benzene rings is 1. The maximum absolute atomic E-state index is 12.1. The minimum Gasteiger partial charge on any atom is -0.332 e. The molecule has 4 nitrogen and oxygen atoms in total. The van der Waals surface area contributed by atoms with Crippen molar-refractivity contribution < 1.29 is 9.59 Å². The van der Waals surface area contributed by atoms with Crippen molar-refractivity contribution in [1.29, 1.82) is 0 Å². The highest BCUT2D eigenvalue weighted by atomic mass is 79.9. The van der Waals surface area contributed by atoms with Crippen LogP contribution in [0.4, 0.5) is 5.69 Å². The summed E-state index contributed by atoms with van der Waals surface area (Å²) >= 11 is 8.53. The summed E-state index contributed by atoms with van der Waals surface area (Å²) in [4.78, 5) is 23.7. The van der Waals surface area contributed by atoms with Gasteiger partial charge in [0.15, 0.2) is 5.11 Å². The lowest BCUT2D eigenvalue weighted by Gasteiger charge is -2.51. The molecule has 0 heterocycles. The number of thiocarbonyl (C=S) groups is 1. The fraction of sp³-hybridized carbons (Fsp3) is 0.471. The Hall–Kier alpha value is -1.27. The van der Waals surface area contributed by atoms with Gasteiger partial charge in [-0.2, -0.15) is 0 Å². The van der Waals surface area contributed by atoms with Crippen LogP contribution >= 0.6 is 28.1 Å². The van der Waals surface area contributed by atoms with Crippen LogP contribution in [0.25, 0.3) is 0 Å². The third kappa shape index (κ3) is 4.38. The zero-order chi connectivity index (χ0) is 17.2. The lowest BCUT2D eigenvalue weighted by atomic mass is 9.52. The number of rotatable bonds is 4. The highest BCUT2D eigenvalue weighted by molar-refractivity contribution is 9.10. The molecule has 1 saturated carbocycles. The van der Waals surface area contributed by atoms with Crippen LogP contribution in [0.1, 0.15) is 33.6 Å². The van der Waals surface area contributed by atoms with Crippen LogP contribution in [0.5, 0.6) is 0 Å². The lowest BCUT2D eigenvalue weighted by Crippen LogP contribution is -2.50. The quantitative estimate of drug-likeness (QED) is 0.757. The number of ketones is 1. The van der Waals surface area contributed by atoms with Gasteiger partial charge in [0.05, 0.1) is 0 Å². The Morgan fingerprint density at radius 3 is 2.43 bits per heavy atom. The topological polar surface area (TPSA) is 58.2 Å². The molecule has 0 aromatic heterocycles. The molecule has 0 saturated heterocycles. The van der Waals surface area contributed by atoms with E-state index in [1.54, 1.807) is 6.92 Å². The van der Waals surface area contributed by atoms with Crippen LogP contribution < -0.4 is 10.6 Å². The summed E-state index contributed by atoms with van der Waals surface area (Å²) < 4.78 is 0.977. The van der Waals surface area contributed by atoms with Gasteiger partial charge in [-0.3, -0.25) is 9.59 Å². The normalized spacial score (nSPS) is 21.9. The molecular formula is C17H21BrN2O2S. The molecule has 1 aromatic rings. The maximum atomic E-state index is 12.1. The van der Waals surface area contributed by atoms with Gasteiger partial charge in [-0.1, -0.05) is 29.8 Å². The van der Waals surface area contributed by atoms with Gasteiger partial charge in [0.25, 0.3) is 0 Å². The number of carbonyl (C=O) groups excluding carboxylic acids is 2. The Bertz CT molecular complexity index is 628. The van der Waals surface area contributed by atoms with Crippen LogP contribution in [0.3, 0.4) is 0 Å². The van der Waals surface area contributed by atoms with E-state index in [9.17, 15) is 9.59 Å². The van der Waals surface area contributed by atoms with E-state index in [2.05, 4.69) is 40.4 Å². The standard InChI is InChI=1S/C17H21BrN2O2S/c1-10(21)14-8-11(17(14,2)3)9-15(22)20-16(23)19-13-6-4-12(18)5-7-13/h4-7,11,14H,8-9H2,1-3H3,(H2,19,20,22,23)/t11-,14+/m0/s1. The van der Waals surface area contributed by atoms with E-state index >= 15 is 0 Å². The zero-order valence-corrected chi connectivity index (χ0v) is 15.9. The number of hydrogen-bond acceptors (Lipinski definition) is 3. The van der Waals surface area contributed by atoms with Gasteiger partial charge in [-0.25, -0.2) is 0 Å². The van der Waals surface area contributed by atoms with E-state index in [0.29, 0.717) is 6.42 Å². The molecule has 23 heavy (non-hydrogen) atoms. The van der Waals surface area contributed by atoms with Gasteiger partial charge >= 0.3 is 0 Å². The number of amides is 1. The third-order valence-electron chi connectivity index (χ3n) is 4.75. The van der Waals surface area contributed by atoms with Gasteiger partial charge in [-0.05, 0) is 61.2 Å². The van der Waals surface area contributed by atoms with Crippen molar-refractivity contribution in [1.82, 2.24) is 5.32 Å². The lowest BCUT2D eigenvalue weighted by molar-refractivity contribution is -0.140. The molecule has 0 bridgehead atoms. The van der Waals surface area contributed by atoms with Gasteiger partial charge in [0.1, 0.15) is 5.78 Å². The van der Waals surface area contributed by atoms with Gasteiger partial charge < -0.3 is 10.6 Å². The zero-order valence-electron chi connectivity index (χ0n) is 13.5. The van der Waals surface area contributed by atoms with E-state index in [-0.39, 0.29) is 34.1 Å². The minimum absolute atomic E-state index is 0.0631. The number of nitrogens with one attached hydrogen (secondary N) is 2. The molecule has 0 aliphatic heterocycles. The molecule has 2 atom stereocenters. The van der Waals surface area contributed by atoms with Crippen molar-refractivity contribution >= 4 is 50.6 Å². The van der Waals surface area contributed by atoms with Crippen molar-refractivity contribution in [3.05, 3.63) is 28.7 Å². The van der Waals surface area contributed by atoms with Crippen LogP contribution in [-0.2, 0) is 9.59 Å². The third-order valence-corrected chi connectivity index (χ3v) is 5.48. The van der Waals surface area contributed by atoms with Crippen molar-refractivity contribution in [2.75, 3.05) is 5.32 Å². The first kappa shape index (κ1) is 18.1. The van der Waals surface area contributed by atoms with E-state index in [1.807, 2.05) is 24.3 Å². The fourth-order valence-electron chi connectivity index (χ4n) is 3.15.